The van der Waals surface area contributed by atoms with E-state index < -0.39 is 10.5 Å². The normalized spacial score (nSPS) is 13.4. The maximum Gasteiger partial charge on any atom is 0.311 e. The predicted octanol–water partition coefficient (Wildman–Crippen LogP) is 1.97. The van der Waals surface area contributed by atoms with Crippen LogP contribution in [0.4, 0.5) is 5.69 Å². The lowest BCUT2D eigenvalue weighted by molar-refractivity contribution is -0.385. The van der Waals surface area contributed by atoms with Crippen LogP contribution in [0.5, 0.6) is 5.75 Å². The first kappa shape index (κ1) is 13.9. The summed E-state index contributed by atoms with van der Waals surface area (Å²) in [6.45, 7) is 3.86. The molecule has 0 saturated heterocycles. The Labute approximate surface area is 105 Å². The largest absolute Gasteiger partial charge is 0.485 e. The minimum Gasteiger partial charge on any atom is -0.485 e. The van der Waals surface area contributed by atoms with E-state index in [2.05, 4.69) is 0 Å². The average Bonchev–Trinajstić information content (AvgIpc) is 2.36. The number of nitro benzene ring substituents is 1. The van der Waals surface area contributed by atoms with Crippen molar-refractivity contribution >= 4 is 5.69 Å². The lowest BCUT2D eigenvalue weighted by atomic mass is 10.0. The van der Waals surface area contributed by atoms with Gasteiger partial charge in [-0.1, -0.05) is 6.92 Å². The van der Waals surface area contributed by atoms with E-state index in [9.17, 15) is 10.1 Å². The predicted molar refractivity (Wildman–Crippen MR) is 66.2 cm³/mol. The molecule has 18 heavy (non-hydrogen) atoms. The molecule has 0 aliphatic carbocycles. The SMILES string of the molecule is CCC(C)(N)COc1cc(C#N)ccc1[N+](=O)[O-]. The van der Waals surface area contributed by atoms with E-state index in [0.717, 1.165) is 0 Å². The van der Waals surface area contributed by atoms with Crippen LogP contribution in [0.25, 0.3) is 0 Å². The van der Waals surface area contributed by atoms with Crippen molar-refractivity contribution in [2.24, 2.45) is 5.73 Å². The number of hydrogen-bond donors (Lipinski definition) is 1. The highest BCUT2D eigenvalue weighted by molar-refractivity contribution is 5.51. The third-order valence-corrected chi connectivity index (χ3v) is 2.65. The van der Waals surface area contributed by atoms with Crippen LogP contribution in [0, 0.1) is 21.4 Å². The quantitative estimate of drug-likeness (QED) is 0.634. The van der Waals surface area contributed by atoms with Crippen LogP contribution < -0.4 is 10.5 Å². The number of nitro groups is 1. The van der Waals surface area contributed by atoms with Crippen molar-refractivity contribution in [1.29, 1.82) is 5.26 Å². The average molecular weight is 249 g/mol. The van der Waals surface area contributed by atoms with Crippen LogP contribution in [0.1, 0.15) is 25.8 Å². The Morgan fingerprint density at radius 1 is 1.61 bits per heavy atom. The summed E-state index contributed by atoms with van der Waals surface area (Å²) in [5, 5.41) is 19.6. The molecule has 0 aliphatic heterocycles. The van der Waals surface area contributed by atoms with Crippen LogP contribution >= 0.6 is 0 Å². The summed E-state index contributed by atoms with van der Waals surface area (Å²) in [6.07, 6.45) is 0.679. The van der Waals surface area contributed by atoms with E-state index in [1.807, 2.05) is 13.0 Å². The molecule has 1 atom stereocenters. The second-order valence-electron chi connectivity index (χ2n) is 4.35. The first-order valence-electron chi connectivity index (χ1n) is 5.50. The van der Waals surface area contributed by atoms with Crippen LogP contribution in [0.3, 0.4) is 0 Å². The molecule has 0 bridgehead atoms. The van der Waals surface area contributed by atoms with Gasteiger partial charge in [0, 0.05) is 17.7 Å². The summed E-state index contributed by atoms with van der Waals surface area (Å²) < 4.78 is 5.38. The number of nitrogens with two attached hydrogens (primary N) is 1. The van der Waals surface area contributed by atoms with Gasteiger partial charge in [0.15, 0.2) is 5.75 Å². The van der Waals surface area contributed by atoms with Crippen LogP contribution in [-0.2, 0) is 0 Å². The minimum absolute atomic E-state index is 0.0733. The lowest BCUT2D eigenvalue weighted by Crippen LogP contribution is -2.41. The zero-order valence-corrected chi connectivity index (χ0v) is 10.3. The molecule has 1 aromatic rings. The van der Waals surface area contributed by atoms with Gasteiger partial charge in [-0.3, -0.25) is 10.1 Å². The first-order chi connectivity index (χ1) is 8.39. The second kappa shape index (κ2) is 5.47. The van der Waals surface area contributed by atoms with Gasteiger partial charge in [0.05, 0.1) is 16.6 Å². The van der Waals surface area contributed by atoms with Crippen LogP contribution in [-0.4, -0.2) is 17.1 Å². The zero-order valence-electron chi connectivity index (χ0n) is 10.3. The molecule has 0 radical (unpaired) electrons. The number of hydrogen-bond acceptors (Lipinski definition) is 5. The molecule has 1 unspecified atom stereocenters. The molecule has 0 amide bonds. The van der Waals surface area contributed by atoms with Crippen molar-refractivity contribution in [1.82, 2.24) is 0 Å². The van der Waals surface area contributed by atoms with E-state index in [4.69, 9.17) is 15.7 Å². The highest BCUT2D eigenvalue weighted by Crippen LogP contribution is 2.28. The highest BCUT2D eigenvalue weighted by atomic mass is 16.6. The molecule has 6 heteroatoms. The Bertz CT molecular complexity index is 492. The Hall–Kier alpha value is -2.13. The summed E-state index contributed by atoms with van der Waals surface area (Å²) in [4.78, 5) is 10.3. The molecule has 0 aliphatic rings. The van der Waals surface area contributed by atoms with Gasteiger partial charge in [-0.25, -0.2) is 0 Å². The van der Waals surface area contributed by atoms with E-state index in [-0.39, 0.29) is 18.0 Å². The van der Waals surface area contributed by atoms with Gasteiger partial charge in [0.1, 0.15) is 6.61 Å². The van der Waals surface area contributed by atoms with E-state index in [1.165, 1.54) is 18.2 Å². The first-order valence-corrected chi connectivity index (χ1v) is 5.50. The topological polar surface area (TPSA) is 102 Å². The van der Waals surface area contributed by atoms with Crippen LogP contribution in [0.15, 0.2) is 18.2 Å². The highest BCUT2D eigenvalue weighted by Gasteiger charge is 2.21. The minimum atomic E-state index is -0.559. The number of benzene rings is 1. The molecular formula is C12H15N3O3. The molecule has 0 heterocycles. The summed E-state index contributed by atoms with van der Waals surface area (Å²) in [6, 6.07) is 5.90. The molecule has 0 saturated carbocycles. The number of rotatable bonds is 5. The van der Waals surface area contributed by atoms with Gasteiger partial charge in [-0.05, 0) is 19.4 Å². The number of ether oxygens (including phenoxy) is 1. The van der Waals surface area contributed by atoms with Gasteiger partial charge in [0.2, 0.25) is 0 Å². The summed E-state index contributed by atoms with van der Waals surface area (Å²) in [7, 11) is 0. The maximum atomic E-state index is 10.8. The Kier molecular flexibility index (Phi) is 4.23. The molecule has 0 spiro atoms. The second-order valence-corrected chi connectivity index (χ2v) is 4.35. The molecule has 6 nitrogen and oxygen atoms in total. The van der Waals surface area contributed by atoms with E-state index >= 15 is 0 Å². The third kappa shape index (κ3) is 3.43. The van der Waals surface area contributed by atoms with Crippen molar-refractivity contribution in [2.75, 3.05) is 6.61 Å². The third-order valence-electron chi connectivity index (χ3n) is 2.65. The number of nitrogens with zero attached hydrogens (tertiary/aromatic N) is 2. The van der Waals surface area contributed by atoms with E-state index in [1.54, 1.807) is 6.92 Å². The molecule has 0 aromatic heterocycles. The van der Waals surface area contributed by atoms with Crippen molar-refractivity contribution in [3.05, 3.63) is 33.9 Å². The number of nitriles is 1. The molecule has 0 fully saturated rings. The van der Waals surface area contributed by atoms with Gasteiger partial charge in [-0.15, -0.1) is 0 Å². The fourth-order valence-corrected chi connectivity index (χ4v) is 1.19. The summed E-state index contributed by atoms with van der Waals surface area (Å²) >= 11 is 0. The smallest absolute Gasteiger partial charge is 0.311 e. The molecule has 1 rings (SSSR count). The zero-order chi connectivity index (χ0) is 13.8. The van der Waals surface area contributed by atoms with Crippen molar-refractivity contribution < 1.29 is 9.66 Å². The fourth-order valence-electron chi connectivity index (χ4n) is 1.19. The summed E-state index contributed by atoms with van der Waals surface area (Å²) in [5.74, 6) is 0.0733. The van der Waals surface area contributed by atoms with Crippen molar-refractivity contribution in [3.8, 4) is 11.8 Å². The Morgan fingerprint density at radius 3 is 2.78 bits per heavy atom. The maximum absolute atomic E-state index is 10.8. The van der Waals surface area contributed by atoms with Gasteiger partial charge < -0.3 is 10.5 Å². The Balaban J connectivity index is 2.99. The van der Waals surface area contributed by atoms with Gasteiger partial charge in [-0.2, -0.15) is 5.26 Å². The van der Waals surface area contributed by atoms with Crippen molar-refractivity contribution in [2.45, 2.75) is 25.8 Å². The molecule has 96 valence electrons. The summed E-state index contributed by atoms with van der Waals surface area (Å²) in [5.41, 5.74) is 5.49. The molecule has 2 N–H and O–H groups in total. The monoisotopic (exact) mass is 249 g/mol. The van der Waals surface area contributed by atoms with Gasteiger partial charge >= 0.3 is 5.69 Å². The fraction of sp³-hybridized carbons (Fsp3) is 0.417. The standard InChI is InChI=1S/C12H15N3O3/c1-3-12(2,14)8-18-11-6-9(7-13)4-5-10(11)15(16)17/h4-6H,3,8,14H2,1-2H3. The lowest BCUT2D eigenvalue weighted by Gasteiger charge is -2.22. The van der Waals surface area contributed by atoms with Crippen molar-refractivity contribution in [3.63, 3.8) is 0 Å². The van der Waals surface area contributed by atoms with Crippen LogP contribution in [0.2, 0.25) is 0 Å². The van der Waals surface area contributed by atoms with E-state index in [0.29, 0.717) is 12.0 Å². The van der Waals surface area contributed by atoms with Gasteiger partial charge in [0.25, 0.3) is 0 Å². The molecule has 1 aromatic carbocycles. The molecular weight excluding hydrogens is 234 g/mol. The Morgan fingerprint density at radius 2 is 2.28 bits per heavy atom.